The molecule has 0 saturated heterocycles. The van der Waals surface area contributed by atoms with Gasteiger partial charge in [-0.3, -0.25) is 0 Å². The number of aryl methyl sites for hydroxylation is 2. The van der Waals surface area contributed by atoms with Crippen LogP contribution in [0.15, 0.2) is 5.38 Å². The third kappa shape index (κ3) is 3.70. The molecule has 1 aliphatic heterocycles. The Labute approximate surface area is 164 Å². The van der Waals surface area contributed by atoms with Gasteiger partial charge in [-0.2, -0.15) is 0 Å². The minimum absolute atomic E-state index is 0.606. The zero-order valence-corrected chi connectivity index (χ0v) is 17.5. The summed E-state index contributed by atoms with van der Waals surface area (Å²) in [6.07, 6.45) is 5.79. The summed E-state index contributed by atoms with van der Waals surface area (Å²) in [6, 6.07) is 0. The maximum atomic E-state index is 4.82. The molecule has 0 unspecified atom stereocenters. The highest BCUT2D eigenvalue weighted by Crippen LogP contribution is 2.33. The first-order valence-electron chi connectivity index (χ1n) is 9.89. The van der Waals surface area contributed by atoms with Crippen LogP contribution in [0.2, 0.25) is 0 Å². The van der Waals surface area contributed by atoms with Crippen molar-refractivity contribution in [3.05, 3.63) is 28.4 Å². The highest BCUT2D eigenvalue weighted by Gasteiger charge is 2.20. The Bertz CT molecular complexity index is 941. The van der Waals surface area contributed by atoms with E-state index < -0.39 is 0 Å². The molecule has 4 rings (SSSR count). The van der Waals surface area contributed by atoms with E-state index in [1.54, 1.807) is 11.3 Å². The van der Waals surface area contributed by atoms with Crippen LogP contribution in [0.25, 0.3) is 10.2 Å². The second-order valence-electron chi connectivity index (χ2n) is 7.98. The van der Waals surface area contributed by atoms with Gasteiger partial charge in [-0.05, 0) is 43.0 Å². The lowest BCUT2D eigenvalue weighted by Crippen LogP contribution is -2.22. The molecule has 144 valence electrons. The van der Waals surface area contributed by atoms with Crippen molar-refractivity contribution in [3.8, 4) is 0 Å². The predicted molar refractivity (Wildman–Crippen MR) is 110 cm³/mol. The van der Waals surface area contributed by atoms with E-state index in [-0.39, 0.29) is 0 Å². The van der Waals surface area contributed by atoms with Gasteiger partial charge in [0, 0.05) is 20.0 Å². The van der Waals surface area contributed by atoms with Crippen LogP contribution in [0.1, 0.15) is 56.1 Å². The molecule has 6 nitrogen and oxygen atoms in total. The molecule has 0 atom stereocenters. The summed E-state index contributed by atoms with van der Waals surface area (Å²) in [6.45, 7) is 8.23. The molecule has 1 aliphatic rings. The minimum Gasteiger partial charge on any atom is -0.351 e. The molecular weight excluding hydrogens is 356 g/mol. The standard InChI is InChI=1S/C20H28N6S/c1-13(2)10-15-12-27-20-18(15)19(21-14(3)22-20)25(4)11-17-24-23-16-8-6-5-7-9-26(16)17/h12-13H,5-11H2,1-4H3. The van der Waals surface area contributed by atoms with E-state index in [0.29, 0.717) is 5.92 Å². The van der Waals surface area contributed by atoms with Gasteiger partial charge in [-0.1, -0.05) is 20.3 Å². The average molecular weight is 385 g/mol. The maximum absolute atomic E-state index is 4.82. The van der Waals surface area contributed by atoms with E-state index >= 15 is 0 Å². The van der Waals surface area contributed by atoms with Crippen LogP contribution < -0.4 is 4.90 Å². The number of anilines is 1. The molecule has 3 aromatic heterocycles. The van der Waals surface area contributed by atoms with E-state index in [1.165, 1.54) is 30.2 Å². The van der Waals surface area contributed by atoms with Gasteiger partial charge in [-0.25, -0.2) is 9.97 Å². The fourth-order valence-corrected chi connectivity index (χ4v) is 4.89. The van der Waals surface area contributed by atoms with Crippen molar-refractivity contribution in [2.24, 2.45) is 5.92 Å². The van der Waals surface area contributed by atoms with Gasteiger partial charge >= 0.3 is 0 Å². The van der Waals surface area contributed by atoms with Crippen LogP contribution in [0, 0.1) is 12.8 Å². The maximum Gasteiger partial charge on any atom is 0.152 e. The molecule has 0 bridgehead atoms. The quantitative estimate of drug-likeness (QED) is 0.661. The number of nitrogens with zero attached hydrogens (tertiary/aromatic N) is 6. The average Bonchev–Trinajstić information content (AvgIpc) is 3.09. The van der Waals surface area contributed by atoms with Crippen LogP contribution in [0.4, 0.5) is 5.82 Å². The summed E-state index contributed by atoms with van der Waals surface area (Å²) in [5.74, 6) is 4.62. The van der Waals surface area contributed by atoms with E-state index in [0.717, 1.165) is 54.1 Å². The second kappa shape index (κ2) is 7.54. The van der Waals surface area contributed by atoms with E-state index in [2.05, 4.69) is 50.9 Å². The third-order valence-electron chi connectivity index (χ3n) is 5.16. The summed E-state index contributed by atoms with van der Waals surface area (Å²) >= 11 is 1.72. The molecule has 0 radical (unpaired) electrons. The Morgan fingerprint density at radius 3 is 2.85 bits per heavy atom. The number of hydrogen-bond donors (Lipinski definition) is 0. The first-order valence-corrected chi connectivity index (χ1v) is 10.8. The molecule has 0 amide bonds. The predicted octanol–water partition coefficient (Wildman–Crippen LogP) is 4.15. The van der Waals surface area contributed by atoms with Gasteiger partial charge < -0.3 is 9.47 Å². The molecule has 0 N–H and O–H groups in total. The molecule has 7 heteroatoms. The molecule has 0 saturated carbocycles. The number of thiophene rings is 1. The minimum atomic E-state index is 0.606. The summed E-state index contributed by atoms with van der Waals surface area (Å²) in [7, 11) is 2.11. The Morgan fingerprint density at radius 1 is 1.19 bits per heavy atom. The van der Waals surface area contributed by atoms with Crippen molar-refractivity contribution >= 4 is 27.4 Å². The number of hydrogen-bond acceptors (Lipinski definition) is 6. The summed E-state index contributed by atoms with van der Waals surface area (Å²) < 4.78 is 2.32. The zero-order chi connectivity index (χ0) is 19.0. The summed E-state index contributed by atoms with van der Waals surface area (Å²) in [5.41, 5.74) is 1.35. The molecule has 4 heterocycles. The van der Waals surface area contributed by atoms with Crippen molar-refractivity contribution in [2.45, 2.75) is 66.0 Å². The smallest absolute Gasteiger partial charge is 0.152 e. The van der Waals surface area contributed by atoms with Gasteiger partial charge in [0.1, 0.15) is 22.3 Å². The first-order chi connectivity index (χ1) is 13.0. The number of fused-ring (bicyclic) bond motifs is 2. The lowest BCUT2D eigenvalue weighted by atomic mass is 10.0. The molecule has 0 aromatic carbocycles. The van der Waals surface area contributed by atoms with Crippen molar-refractivity contribution in [3.63, 3.8) is 0 Å². The van der Waals surface area contributed by atoms with Crippen molar-refractivity contribution < 1.29 is 0 Å². The first kappa shape index (κ1) is 18.3. The van der Waals surface area contributed by atoms with E-state index in [1.807, 2.05) is 6.92 Å². The van der Waals surface area contributed by atoms with Gasteiger partial charge in [0.2, 0.25) is 0 Å². The van der Waals surface area contributed by atoms with Crippen LogP contribution in [0.3, 0.4) is 0 Å². The van der Waals surface area contributed by atoms with Gasteiger partial charge in [0.25, 0.3) is 0 Å². The van der Waals surface area contributed by atoms with Gasteiger partial charge in [0.05, 0.1) is 11.9 Å². The molecule has 27 heavy (non-hydrogen) atoms. The Kier molecular flexibility index (Phi) is 5.12. The number of rotatable bonds is 5. The summed E-state index contributed by atoms with van der Waals surface area (Å²) in [5, 5.41) is 12.4. The van der Waals surface area contributed by atoms with Crippen LogP contribution >= 0.6 is 11.3 Å². The molecule has 3 aromatic rings. The topological polar surface area (TPSA) is 59.7 Å². The lowest BCUT2D eigenvalue weighted by Gasteiger charge is -2.20. The molecule has 0 aliphatic carbocycles. The highest BCUT2D eigenvalue weighted by atomic mass is 32.1. The summed E-state index contributed by atoms with van der Waals surface area (Å²) in [4.78, 5) is 12.8. The molecule has 0 fully saturated rings. The fourth-order valence-electron chi connectivity index (χ4n) is 3.90. The van der Waals surface area contributed by atoms with Gasteiger partial charge in [0.15, 0.2) is 5.82 Å². The number of aromatic nitrogens is 5. The SMILES string of the molecule is Cc1nc(N(C)Cc2nnc3n2CCCCC3)c2c(CC(C)C)csc2n1. The zero-order valence-electron chi connectivity index (χ0n) is 16.7. The third-order valence-corrected chi connectivity index (χ3v) is 6.08. The van der Waals surface area contributed by atoms with Gasteiger partial charge in [-0.15, -0.1) is 21.5 Å². The molecule has 0 spiro atoms. The largest absolute Gasteiger partial charge is 0.351 e. The second-order valence-corrected chi connectivity index (χ2v) is 8.84. The lowest BCUT2D eigenvalue weighted by molar-refractivity contribution is 0.601. The monoisotopic (exact) mass is 384 g/mol. The molecular formula is C20H28N6S. The Morgan fingerprint density at radius 2 is 2.04 bits per heavy atom. The highest BCUT2D eigenvalue weighted by molar-refractivity contribution is 7.17. The Hall–Kier alpha value is -2.02. The van der Waals surface area contributed by atoms with Crippen LogP contribution in [0.5, 0.6) is 0 Å². The van der Waals surface area contributed by atoms with E-state index in [4.69, 9.17) is 4.98 Å². The van der Waals surface area contributed by atoms with Crippen LogP contribution in [-0.2, 0) is 25.9 Å². The normalized spacial score (nSPS) is 14.6. The van der Waals surface area contributed by atoms with Crippen molar-refractivity contribution in [1.29, 1.82) is 0 Å². The van der Waals surface area contributed by atoms with Crippen molar-refractivity contribution in [1.82, 2.24) is 24.7 Å². The van der Waals surface area contributed by atoms with E-state index in [9.17, 15) is 0 Å². The van der Waals surface area contributed by atoms with Crippen LogP contribution in [-0.4, -0.2) is 31.8 Å². The Balaban J connectivity index is 1.69. The van der Waals surface area contributed by atoms with Crippen molar-refractivity contribution in [2.75, 3.05) is 11.9 Å². The fraction of sp³-hybridized carbons (Fsp3) is 0.600.